The van der Waals surface area contributed by atoms with Gasteiger partial charge < -0.3 is 9.84 Å². The van der Waals surface area contributed by atoms with E-state index >= 15 is 0 Å². The van der Waals surface area contributed by atoms with Crippen molar-refractivity contribution >= 4 is 16.0 Å². The van der Waals surface area contributed by atoms with Crippen molar-refractivity contribution in [3.8, 4) is 0 Å². The molecule has 90 valence electrons. The van der Waals surface area contributed by atoms with Gasteiger partial charge in [0.15, 0.2) is 0 Å². The molecule has 0 saturated carbocycles. The lowest BCUT2D eigenvalue weighted by Gasteiger charge is -2.23. The van der Waals surface area contributed by atoms with Crippen molar-refractivity contribution in [2.75, 3.05) is 12.9 Å². The topological polar surface area (TPSA) is 92.7 Å². The minimum atomic E-state index is -3.65. The van der Waals surface area contributed by atoms with Crippen LogP contribution in [0.4, 0.5) is 0 Å². The molecule has 0 unspecified atom stereocenters. The highest BCUT2D eigenvalue weighted by Gasteiger charge is 2.28. The lowest BCUT2D eigenvalue weighted by atomic mass is 10.2. The van der Waals surface area contributed by atoms with E-state index in [0.29, 0.717) is 0 Å². The van der Waals surface area contributed by atoms with Crippen molar-refractivity contribution in [1.29, 1.82) is 0 Å². The Morgan fingerprint density at radius 2 is 2.00 bits per heavy atom. The Kier molecular flexibility index (Phi) is 4.69. The van der Waals surface area contributed by atoms with Gasteiger partial charge in [-0.3, -0.25) is 4.79 Å². The zero-order valence-electron chi connectivity index (χ0n) is 9.27. The van der Waals surface area contributed by atoms with Crippen molar-refractivity contribution in [3.63, 3.8) is 0 Å². The van der Waals surface area contributed by atoms with Crippen molar-refractivity contribution in [3.05, 3.63) is 0 Å². The van der Waals surface area contributed by atoms with Crippen LogP contribution in [0.1, 0.15) is 20.8 Å². The third-order valence-corrected chi connectivity index (χ3v) is 3.60. The Morgan fingerprint density at radius 1 is 1.53 bits per heavy atom. The van der Waals surface area contributed by atoms with Crippen LogP contribution in [0.25, 0.3) is 0 Å². The van der Waals surface area contributed by atoms with Gasteiger partial charge >= 0.3 is 5.97 Å². The summed E-state index contributed by atoms with van der Waals surface area (Å²) in [5.74, 6) is -1.50. The summed E-state index contributed by atoms with van der Waals surface area (Å²) in [6.07, 6.45) is 0. The Labute approximate surface area is 89.7 Å². The first kappa shape index (κ1) is 14.3. The van der Waals surface area contributed by atoms with E-state index in [2.05, 4.69) is 0 Å². The molecule has 7 heteroatoms. The molecule has 0 amide bonds. The molecule has 0 bridgehead atoms. The first-order valence-electron chi connectivity index (χ1n) is 4.37. The predicted octanol–water partition coefficient (Wildman–Crippen LogP) is -0.196. The Hall–Kier alpha value is -0.660. The second-order valence-electron chi connectivity index (χ2n) is 3.90. The molecule has 15 heavy (non-hydrogen) atoms. The largest absolute Gasteiger partial charge is 0.480 e. The zero-order valence-corrected chi connectivity index (χ0v) is 10.1. The average molecular weight is 239 g/mol. The molecule has 0 fully saturated rings. The molecule has 0 aromatic heterocycles. The number of methoxy groups -OCH3 is 1. The number of rotatable bonds is 6. The number of ether oxygens (including phenoxy) is 1. The van der Waals surface area contributed by atoms with E-state index in [0.717, 1.165) is 0 Å². The third-order valence-electron chi connectivity index (χ3n) is 1.82. The van der Waals surface area contributed by atoms with E-state index in [1.165, 1.54) is 14.0 Å². The van der Waals surface area contributed by atoms with Crippen molar-refractivity contribution in [2.24, 2.45) is 0 Å². The molecule has 0 aliphatic carbocycles. The first-order chi connectivity index (χ1) is 6.59. The second-order valence-corrected chi connectivity index (χ2v) is 5.65. The molecular weight excluding hydrogens is 222 g/mol. The van der Waals surface area contributed by atoms with E-state index in [4.69, 9.17) is 9.84 Å². The van der Waals surface area contributed by atoms with E-state index in [1.54, 1.807) is 13.8 Å². The van der Waals surface area contributed by atoms with Crippen LogP contribution in [0, 0.1) is 0 Å². The lowest BCUT2D eigenvalue weighted by Crippen LogP contribution is -2.44. The highest BCUT2D eigenvalue weighted by atomic mass is 32.2. The van der Waals surface area contributed by atoms with Crippen molar-refractivity contribution in [1.82, 2.24) is 4.72 Å². The number of carboxylic acids is 1. The first-order valence-corrected chi connectivity index (χ1v) is 6.03. The summed E-state index contributed by atoms with van der Waals surface area (Å²) >= 11 is 0. The van der Waals surface area contributed by atoms with Crippen LogP contribution in [-0.2, 0) is 19.6 Å². The van der Waals surface area contributed by atoms with Gasteiger partial charge in [-0.1, -0.05) is 0 Å². The van der Waals surface area contributed by atoms with Gasteiger partial charge in [-0.15, -0.1) is 0 Å². The summed E-state index contributed by atoms with van der Waals surface area (Å²) in [5, 5.41) is 8.54. The van der Waals surface area contributed by atoms with E-state index in [1.807, 2.05) is 4.72 Å². The van der Waals surface area contributed by atoms with Crippen LogP contribution < -0.4 is 4.72 Å². The molecule has 0 aromatic rings. The SMILES string of the molecule is COC(C)(C)CS(=O)(=O)N[C@H](C)C(=O)O. The molecule has 0 spiro atoms. The summed E-state index contributed by atoms with van der Waals surface area (Å²) in [6, 6.07) is -1.14. The number of hydrogen-bond acceptors (Lipinski definition) is 4. The van der Waals surface area contributed by atoms with Gasteiger partial charge in [-0.25, -0.2) is 13.1 Å². The number of carboxylic acid groups (broad SMARTS) is 1. The highest BCUT2D eigenvalue weighted by molar-refractivity contribution is 7.89. The quantitative estimate of drug-likeness (QED) is 0.670. The average Bonchev–Trinajstić information content (AvgIpc) is 2.01. The van der Waals surface area contributed by atoms with Gasteiger partial charge in [0.25, 0.3) is 0 Å². The fraction of sp³-hybridized carbons (Fsp3) is 0.875. The standard InChI is InChI=1S/C8H17NO5S/c1-6(7(10)11)9-15(12,13)5-8(2,3)14-4/h6,9H,5H2,1-4H3,(H,10,11)/t6-/m1/s1. The molecule has 0 aromatic carbocycles. The van der Waals surface area contributed by atoms with Crippen LogP contribution in [0.3, 0.4) is 0 Å². The number of aliphatic carboxylic acids is 1. The normalized spacial score (nSPS) is 14.9. The van der Waals surface area contributed by atoms with Crippen LogP contribution in [0.2, 0.25) is 0 Å². The van der Waals surface area contributed by atoms with Crippen LogP contribution in [0.5, 0.6) is 0 Å². The van der Waals surface area contributed by atoms with Crippen LogP contribution >= 0.6 is 0 Å². The van der Waals surface area contributed by atoms with Gasteiger partial charge in [0.1, 0.15) is 6.04 Å². The van der Waals surface area contributed by atoms with Gasteiger partial charge in [-0.2, -0.15) is 0 Å². The van der Waals surface area contributed by atoms with E-state index in [9.17, 15) is 13.2 Å². The van der Waals surface area contributed by atoms with Gasteiger partial charge in [-0.05, 0) is 20.8 Å². The molecule has 0 aliphatic heterocycles. The molecule has 0 radical (unpaired) electrons. The van der Waals surface area contributed by atoms with Gasteiger partial charge in [0.2, 0.25) is 10.0 Å². The lowest BCUT2D eigenvalue weighted by molar-refractivity contribution is -0.138. The third kappa shape index (κ3) is 5.71. The Balaban J connectivity index is 4.52. The van der Waals surface area contributed by atoms with E-state index < -0.39 is 27.6 Å². The summed E-state index contributed by atoms with van der Waals surface area (Å²) in [6.45, 7) is 4.48. The predicted molar refractivity (Wildman–Crippen MR) is 55.1 cm³/mol. The second kappa shape index (κ2) is 4.91. The number of sulfonamides is 1. The Morgan fingerprint density at radius 3 is 2.33 bits per heavy atom. The summed E-state index contributed by atoms with van der Waals surface area (Å²) < 4.78 is 29.9. The minimum Gasteiger partial charge on any atom is -0.480 e. The zero-order chi connectivity index (χ0) is 12.3. The van der Waals surface area contributed by atoms with Crippen molar-refractivity contribution in [2.45, 2.75) is 32.4 Å². The summed E-state index contributed by atoms with van der Waals surface area (Å²) in [5.41, 5.74) is -0.843. The fourth-order valence-electron chi connectivity index (χ4n) is 0.878. The molecule has 6 nitrogen and oxygen atoms in total. The van der Waals surface area contributed by atoms with Gasteiger partial charge in [0, 0.05) is 7.11 Å². The minimum absolute atomic E-state index is 0.284. The number of hydrogen-bond donors (Lipinski definition) is 2. The molecule has 0 aliphatic rings. The maximum absolute atomic E-state index is 11.5. The van der Waals surface area contributed by atoms with Crippen molar-refractivity contribution < 1.29 is 23.1 Å². The Bertz CT molecular complexity index is 322. The molecule has 2 N–H and O–H groups in total. The maximum Gasteiger partial charge on any atom is 0.321 e. The number of carbonyl (C=O) groups is 1. The maximum atomic E-state index is 11.5. The monoisotopic (exact) mass is 239 g/mol. The molecular formula is C8H17NO5S. The smallest absolute Gasteiger partial charge is 0.321 e. The van der Waals surface area contributed by atoms with E-state index in [-0.39, 0.29) is 5.75 Å². The molecule has 0 rings (SSSR count). The molecule has 0 saturated heterocycles. The summed E-state index contributed by atoms with van der Waals surface area (Å²) in [4.78, 5) is 10.5. The number of nitrogens with one attached hydrogen (secondary N) is 1. The van der Waals surface area contributed by atoms with Gasteiger partial charge in [0.05, 0.1) is 11.4 Å². The molecule has 1 atom stereocenters. The fourth-order valence-corrected chi connectivity index (χ4v) is 2.63. The van der Waals surface area contributed by atoms with Crippen LogP contribution in [0.15, 0.2) is 0 Å². The van der Waals surface area contributed by atoms with Crippen LogP contribution in [-0.4, -0.2) is 44.0 Å². The summed E-state index contributed by atoms with van der Waals surface area (Å²) in [7, 11) is -2.25. The molecule has 0 heterocycles. The highest BCUT2D eigenvalue weighted by Crippen LogP contribution is 2.10.